The number of nitrogens with one attached hydrogen (secondary N) is 1. The van der Waals surface area contributed by atoms with Gasteiger partial charge in [-0.3, -0.25) is 4.79 Å². The van der Waals surface area contributed by atoms with Gasteiger partial charge in [0.15, 0.2) is 0 Å². The molecular weight excluding hydrogens is 270 g/mol. The summed E-state index contributed by atoms with van der Waals surface area (Å²) in [6.07, 6.45) is 1.18. The molecule has 1 saturated heterocycles. The molecule has 20 heavy (non-hydrogen) atoms. The van der Waals surface area contributed by atoms with E-state index < -0.39 is 0 Å². The number of carbonyl (C=O) groups excluding carboxylic acids is 1. The predicted molar refractivity (Wildman–Crippen MR) is 83.9 cm³/mol. The first-order valence-corrected chi connectivity index (χ1v) is 7.91. The fourth-order valence-electron chi connectivity index (χ4n) is 2.39. The molecule has 1 atom stereocenters. The smallest absolute Gasteiger partial charge is 0.269 e. The fraction of sp³-hybridized carbons (Fsp3) is 0.333. The molecule has 4 nitrogen and oxygen atoms in total. The Morgan fingerprint density at radius 3 is 3.10 bits per heavy atom. The number of rotatable bonds is 3. The summed E-state index contributed by atoms with van der Waals surface area (Å²) in [5.41, 5.74) is 7.74. The molecule has 1 amide bonds. The Kier molecular flexibility index (Phi) is 3.78. The predicted octanol–water partition coefficient (Wildman–Crippen LogP) is 2.30. The van der Waals surface area contributed by atoms with Gasteiger partial charge in [-0.05, 0) is 36.0 Å². The number of aromatic nitrogens is 1. The van der Waals surface area contributed by atoms with Crippen molar-refractivity contribution in [2.24, 2.45) is 5.92 Å². The molecule has 0 spiro atoms. The highest BCUT2D eigenvalue weighted by atomic mass is 32.2. The third-order valence-electron chi connectivity index (χ3n) is 3.56. The van der Waals surface area contributed by atoms with Crippen LogP contribution in [0.1, 0.15) is 16.9 Å². The van der Waals surface area contributed by atoms with Gasteiger partial charge in [0.05, 0.1) is 5.52 Å². The van der Waals surface area contributed by atoms with Crippen molar-refractivity contribution in [1.82, 2.24) is 10.3 Å². The van der Waals surface area contributed by atoms with Gasteiger partial charge in [0.1, 0.15) is 5.69 Å². The number of benzene rings is 1. The standard InChI is InChI=1S/C15H17N3OS/c16-12-7-14(18-13-4-2-1-3-11(12)13)15(19)17-8-10-5-6-20-9-10/h1-4,7,10H,5-6,8-9H2,(H2,16,18)(H,17,19). The second-order valence-corrected chi connectivity index (χ2v) is 6.20. The number of anilines is 1. The number of thioether (sulfide) groups is 1. The highest BCUT2D eigenvalue weighted by Crippen LogP contribution is 2.23. The van der Waals surface area contributed by atoms with Gasteiger partial charge in [-0.25, -0.2) is 4.98 Å². The maximum absolute atomic E-state index is 12.2. The number of nitrogen functional groups attached to an aromatic ring is 1. The third kappa shape index (κ3) is 2.72. The van der Waals surface area contributed by atoms with Crippen LogP contribution >= 0.6 is 11.8 Å². The van der Waals surface area contributed by atoms with Gasteiger partial charge in [-0.2, -0.15) is 11.8 Å². The van der Waals surface area contributed by atoms with Gasteiger partial charge in [-0.1, -0.05) is 18.2 Å². The van der Waals surface area contributed by atoms with Crippen molar-refractivity contribution in [1.29, 1.82) is 0 Å². The minimum atomic E-state index is -0.139. The Bertz CT molecular complexity index is 638. The van der Waals surface area contributed by atoms with Crippen LogP contribution in [-0.4, -0.2) is 28.9 Å². The normalized spacial score (nSPS) is 18.3. The van der Waals surface area contributed by atoms with Gasteiger partial charge in [0, 0.05) is 17.6 Å². The van der Waals surface area contributed by atoms with Crippen LogP contribution in [0.2, 0.25) is 0 Å². The lowest BCUT2D eigenvalue weighted by Crippen LogP contribution is -2.30. The summed E-state index contributed by atoms with van der Waals surface area (Å²) in [7, 11) is 0. The lowest BCUT2D eigenvalue weighted by Gasteiger charge is -2.10. The van der Waals surface area contributed by atoms with Gasteiger partial charge in [0.25, 0.3) is 5.91 Å². The van der Waals surface area contributed by atoms with E-state index in [0.717, 1.165) is 23.2 Å². The number of pyridine rings is 1. The van der Waals surface area contributed by atoms with Crippen molar-refractivity contribution in [3.05, 3.63) is 36.0 Å². The van der Waals surface area contributed by atoms with Crippen LogP contribution in [-0.2, 0) is 0 Å². The maximum Gasteiger partial charge on any atom is 0.269 e. The quantitative estimate of drug-likeness (QED) is 0.909. The first kappa shape index (κ1) is 13.2. The van der Waals surface area contributed by atoms with Crippen LogP contribution in [0.5, 0.6) is 0 Å². The van der Waals surface area contributed by atoms with E-state index in [4.69, 9.17) is 5.73 Å². The molecule has 2 heterocycles. The minimum absolute atomic E-state index is 0.139. The average Bonchev–Trinajstić information content (AvgIpc) is 2.98. The topological polar surface area (TPSA) is 68.0 Å². The van der Waals surface area contributed by atoms with E-state index in [9.17, 15) is 4.79 Å². The molecule has 0 saturated carbocycles. The Morgan fingerprint density at radius 2 is 2.30 bits per heavy atom. The lowest BCUT2D eigenvalue weighted by molar-refractivity contribution is 0.0944. The van der Waals surface area contributed by atoms with Gasteiger partial charge >= 0.3 is 0 Å². The molecule has 1 aliphatic heterocycles. The molecule has 1 aromatic heterocycles. The molecule has 104 valence electrons. The van der Waals surface area contributed by atoms with Gasteiger partial charge in [-0.15, -0.1) is 0 Å². The molecule has 0 bridgehead atoms. The van der Waals surface area contributed by atoms with E-state index in [1.54, 1.807) is 6.07 Å². The molecule has 3 rings (SSSR count). The zero-order valence-corrected chi connectivity index (χ0v) is 12.0. The minimum Gasteiger partial charge on any atom is -0.398 e. The Hall–Kier alpha value is -1.75. The number of para-hydroxylation sites is 1. The zero-order valence-electron chi connectivity index (χ0n) is 11.1. The number of fused-ring (bicyclic) bond motifs is 1. The molecule has 1 aromatic carbocycles. The molecule has 1 unspecified atom stereocenters. The first-order valence-electron chi connectivity index (χ1n) is 6.75. The van der Waals surface area contributed by atoms with Crippen molar-refractivity contribution in [3.8, 4) is 0 Å². The van der Waals surface area contributed by atoms with Gasteiger partial charge in [0.2, 0.25) is 0 Å². The summed E-state index contributed by atoms with van der Waals surface area (Å²) >= 11 is 1.95. The highest BCUT2D eigenvalue weighted by Gasteiger charge is 2.17. The number of nitrogens with two attached hydrogens (primary N) is 1. The molecule has 1 aliphatic rings. The molecule has 2 aromatic rings. The van der Waals surface area contributed by atoms with Crippen molar-refractivity contribution < 1.29 is 4.79 Å². The number of amides is 1. The molecule has 0 aliphatic carbocycles. The van der Waals surface area contributed by atoms with E-state index in [-0.39, 0.29) is 5.91 Å². The summed E-state index contributed by atoms with van der Waals surface area (Å²) in [6.45, 7) is 0.722. The summed E-state index contributed by atoms with van der Waals surface area (Å²) in [5.74, 6) is 2.77. The Morgan fingerprint density at radius 1 is 1.45 bits per heavy atom. The van der Waals surface area contributed by atoms with Crippen molar-refractivity contribution in [2.75, 3.05) is 23.8 Å². The Balaban J connectivity index is 1.77. The number of nitrogens with zero attached hydrogens (tertiary/aromatic N) is 1. The SMILES string of the molecule is Nc1cc(C(=O)NCC2CCSC2)nc2ccccc12. The maximum atomic E-state index is 12.2. The monoisotopic (exact) mass is 287 g/mol. The first-order chi connectivity index (χ1) is 9.74. The van der Waals surface area contributed by atoms with E-state index >= 15 is 0 Å². The van der Waals surface area contributed by atoms with Gasteiger partial charge < -0.3 is 11.1 Å². The van der Waals surface area contributed by atoms with E-state index in [1.807, 2.05) is 36.0 Å². The summed E-state index contributed by atoms with van der Waals surface area (Å²) < 4.78 is 0. The van der Waals surface area contributed by atoms with E-state index in [0.29, 0.717) is 17.3 Å². The number of hydrogen-bond acceptors (Lipinski definition) is 4. The Labute approximate surface area is 122 Å². The molecule has 3 N–H and O–H groups in total. The summed E-state index contributed by atoms with van der Waals surface area (Å²) in [4.78, 5) is 16.5. The summed E-state index contributed by atoms with van der Waals surface area (Å²) in [6, 6.07) is 9.25. The van der Waals surface area contributed by atoms with Crippen LogP contribution < -0.4 is 11.1 Å². The number of carbonyl (C=O) groups is 1. The molecular formula is C15H17N3OS. The second-order valence-electron chi connectivity index (χ2n) is 5.05. The lowest BCUT2D eigenvalue weighted by atomic mass is 10.1. The third-order valence-corrected chi connectivity index (χ3v) is 4.79. The van der Waals surface area contributed by atoms with Crippen LogP contribution in [0, 0.1) is 5.92 Å². The van der Waals surface area contributed by atoms with Crippen molar-refractivity contribution >= 4 is 34.3 Å². The fourth-order valence-corrected chi connectivity index (χ4v) is 3.68. The van der Waals surface area contributed by atoms with Crippen LogP contribution in [0.15, 0.2) is 30.3 Å². The van der Waals surface area contributed by atoms with Crippen molar-refractivity contribution in [3.63, 3.8) is 0 Å². The molecule has 0 radical (unpaired) electrons. The number of hydrogen-bond donors (Lipinski definition) is 2. The van der Waals surface area contributed by atoms with Crippen LogP contribution in [0.3, 0.4) is 0 Å². The average molecular weight is 287 g/mol. The largest absolute Gasteiger partial charge is 0.398 e. The van der Waals surface area contributed by atoms with Crippen LogP contribution in [0.25, 0.3) is 10.9 Å². The molecule has 1 fully saturated rings. The molecule has 5 heteroatoms. The second kappa shape index (κ2) is 5.71. The van der Waals surface area contributed by atoms with E-state index in [1.165, 1.54) is 12.2 Å². The van der Waals surface area contributed by atoms with Crippen molar-refractivity contribution in [2.45, 2.75) is 6.42 Å². The van der Waals surface area contributed by atoms with E-state index in [2.05, 4.69) is 10.3 Å². The highest BCUT2D eigenvalue weighted by molar-refractivity contribution is 7.99. The van der Waals surface area contributed by atoms with Crippen LogP contribution in [0.4, 0.5) is 5.69 Å². The zero-order chi connectivity index (χ0) is 13.9. The summed E-state index contributed by atoms with van der Waals surface area (Å²) in [5, 5.41) is 3.85.